The third-order valence-corrected chi connectivity index (χ3v) is 4.69. The van der Waals surface area contributed by atoms with Crippen molar-refractivity contribution >= 4 is 18.4 Å². The fraction of sp³-hybridized carbons (Fsp3) is 0.150. The number of nitrogens with one attached hydrogen (secondary N) is 1. The summed E-state index contributed by atoms with van der Waals surface area (Å²) in [6, 6.07) is 13.0. The van der Waals surface area contributed by atoms with E-state index in [1.54, 1.807) is 0 Å². The summed E-state index contributed by atoms with van der Waals surface area (Å²) in [5, 5.41) is 10.7. The molecule has 2 aromatic carbocycles. The molecule has 0 atom stereocenters. The van der Waals surface area contributed by atoms with Crippen LogP contribution in [0.2, 0.25) is 0 Å². The number of aromatic hydroxyl groups is 1. The Morgan fingerprint density at radius 2 is 2.04 bits per heavy atom. The van der Waals surface area contributed by atoms with Gasteiger partial charge in [-0.15, -0.1) is 0 Å². The molecule has 0 aliphatic carbocycles. The predicted molar refractivity (Wildman–Crippen MR) is 107 cm³/mol. The van der Waals surface area contributed by atoms with Crippen LogP contribution in [0.25, 0.3) is 5.69 Å². The van der Waals surface area contributed by atoms with Crippen LogP contribution >= 0.6 is 12.2 Å². The summed E-state index contributed by atoms with van der Waals surface area (Å²) in [6.45, 7) is 2.42. The molecule has 7 nitrogen and oxygen atoms in total. The highest BCUT2D eigenvalue weighted by atomic mass is 32.1. The molecule has 142 valence electrons. The molecule has 0 radical (unpaired) electrons. The lowest BCUT2D eigenvalue weighted by molar-refractivity contribution is 0.174. The van der Waals surface area contributed by atoms with E-state index in [9.17, 15) is 9.90 Å². The van der Waals surface area contributed by atoms with Crippen LogP contribution in [-0.4, -0.2) is 27.7 Å². The minimum atomic E-state index is -0.498. The minimum absolute atomic E-state index is 0.0394. The van der Waals surface area contributed by atoms with Gasteiger partial charge in [-0.25, -0.2) is 0 Å². The quantitative estimate of drug-likeness (QED) is 0.523. The molecule has 4 rings (SSSR count). The van der Waals surface area contributed by atoms with Gasteiger partial charge < -0.3 is 14.6 Å². The number of benzene rings is 2. The van der Waals surface area contributed by atoms with Gasteiger partial charge >= 0.3 is 0 Å². The smallest absolute Gasteiger partial charge is 0.264 e. The van der Waals surface area contributed by atoms with Crippen molar-refractivity contribution in [2.45, 2.75) is 13.5 Å². The Labute approximate surface area is 165 Å². The van der Waals surface area contributed by atoms with Crippen molar-refractivity contribution in [1.29, 1.82) is 0 Å². The number of hydrogen-bond acceptors (Lipinski definition) is 6. The Balaban J connectivity index is 1.67. The summed E-state index contributed by atoms with van der Waals surface area (Å²) in [5.74, 6) is 1.11. The van der Waals surface area contributed by atoms with E-state index in [0.717, 1.165) is 11.1 Å². The number of aromatic nitrogens is 2. The van der Waals surface area contributed by atoms with Crippen LogP contribution in [-0.2, 0) is 6.54 Å². The van der Waals surface area contributed by atoms with Crippen molar-refractivity contribution in [2.24, 2.45) is 4.99 Å². The van der Waals surface area contributed by atoms with Gasteiger partial charge in [0.2, 0.25) is 12.7 Å². The lowest BCUT2D eigenvalue weighted by Gasteiger charge is -2.13. The molecule has 1 aliphatic heterocycles. The van der Waals surface area contributed by atoms with Gasteiger partial charge in [-0.3, -0.25) is 19.3 Å². The van der Waals surface area contributed by atoms with Crippen molar-refractivity contribution in [3.05, 3.63) is 74.3 Å². The van der Waals surface area contributed by atoms with Gasteiger partial charge in [0, 0.05) is 6.21 Å². The molecular formula is C20H17N3O4S. The van der Waals surface area contributed by atoms with Crippen LogP contribution in [0.3, 0.4) is 0 Å². The molecule has 0 fully saturated rings. The van der Waals surface area contributed by atoms with Crippen LogP contribution in [0.4, 0.5) is 0 Å². The van der Waals surface area contributed by atoms with E-state index in [4.69, 9.17) is 21.7 Å². The maximum atomic E-state index is 12.3. The molecular weight excluding hydrogens is 378 g/mol. The van der Waals surface area contributed by atoms with Gasteiger partial charge in [0.15, 0.2) is 16.3 Å². The molecule has 2 heterocycles. The Bertz CT molecular complexity index is 1200. The maximum absolute atomic E-state index is 12.3. The first-order valence-electron chi connectivity index (χ1n) is 8.57. The number of aromatic amines is 1. The molecule has 0 saturated carbocycles. The highest BCUT2D eigenvalue weighted by Crippen LogP contribution is 2.32. The highest BCUT2D eigenvalue weighted by molar-refractivity contribution is 7.71. The molecule has 1 aromatic heterocycles. The van der Waals surface area contributed by atoms with Crippen molar-refractivity contribution in [3.8, 4) is 23.1 Å². The fourth-order valence-corrected chi connectivity index (χ4v) is 3.25. The summed E-state index contributed by atoms with van der Waals surface area (Å²) < 4.78 is 12.2. The average molecular weight is 395 g/mol. The topological polar surface area (TPSA) is 88.8 Å². The van der Waals surface area contributed by atoms with E-state index in [-0.39, 0.29) is 23.0 Å². The zero-order valence-corrected chi connectivity index (χ0v) is 15.8. The van der Waals surface area contributed by atoms with Crippen LogP contribution in [0.15, 0.2) is 52.3 Å². The first kappa shape index (κ1) is 18.0. The Morgan fingerprint density at radius 3 is 2.86 bits per heavy atom. The van der Waals surface area contributed by atoms with Gasteiger partial charge in [0.1, 0.15) is 5.56 Å². The first-order chi connectivity index (χ1) is 13.5. The highest BCUT2D eigenvalue weighted by Gasteiger charge is 2.15. The predicted octanol–water partition coefficient (Wildman–Crippen LogP) is 3.26. The average Bonchev–Trinajstić information content (AvgIpc) is 3.13. The number of fused-ring (bicyclic) bond motifs is 1. The van der Waals surface area contributed by atoms with Gasteiger partial charge in [-0.05, 0) is 48.5 Å². The Kier molecular flexibility index (Phi) is 4.70. The number of hydrogen-bond donors (Lipinski definition) is 2. The van der Waals surface area contributed by atoms with Crippen molar-refractivity contribution in [2.75, 3.05) is 6.79 Å². The second-order valence-electron chi connectivity index (χ2n) is 6.28. The lowest BCUT2D eigenvalue weighted by atomic mass is 10.2. The first-order valence-corrected chi connectivity index (χ1v) is 8.98. The summed E-state index contributed by atoms with van der Waals surface area (Å²) in [6.07, 6.45) is 1.35. The lowest BCUT2D eigenvalue weighted by Crippen LogP contribution is -2.18. The summed E-state index contributed by atoms with van der Waals surface area (Å²) in [5.41, 5.74) is 2.03. The number of nitrogens with zero attached hydrogens (tertiary/aromatic N) is 2. The van der Waals surface area contributed by atoms with E-state index in [1.165, 1.54) is 10.8 Å². The molecule has 0 unspecified atom stereocenters. The van der Waals surface area contributed by atoms with Crippen molar-refractivity contribution in [1.82, 2.24) is 9.55 Å². The van der Waals surface area contributed by atoms with E-state index in [1.807, 2.05) is 49.4 Å². The van der Waals surface area contributed by atoms with Crippen LogP contribution in [0.5, 0.6) is 17.4 Å². The molecule has 8 heteroatoms. The van der Waals surface area contributed by atoms with E-state index >= 15 is 0 Å². The van der Waals surface area contributed by atoms with Crippen molar-refractivity contribution < 1.29 is 14.6 Å². The second-order valence-corrected chi connectivity index (χ2v) is 6.66. The van der Waals surface area contributed by atoms with Crippen LogP contribution in [0.1, 0.15) is 16.7 Å². The normalized spacial score (nSPS) is 12.6. The van der Waals surface area contributed by atoms with Gasteiger partial charge in [-0.1, -0.05) is 24.3 Å². The van der Waals surface area contributed by atoms with Gasteiger partial charge in [-0.2, -0.15) is 0 Å². The van der Waals surface area contributed by atoms with E-state index in [0.29, 0.717) is 23.7 Å². The number of H-pyrrole nitrogens is 1. The fourth-order valence-electron chi connectivity index (χ4n) is 2.97. The zero-order valence-electron chi connectivity index (χ0n) is 15.0. The van der Waals surface area contributed by atoms with Gasteiger partial charge in [0.25, 0.3) is 5.56 Å². The largest absolute Gasteiger partial charge is 0.494 e. The minimum Gasteiger partial charge on any atom is -0.494 e. The molecule has 0 spiro atoms. The third-order valence-electron chi connectivity index (χ3n) is 4.41. The number of rotatable bonds is 4. The van der Waals surface area contributed by atoms with Gasteiger partial charge in [0.05, 0.1) is 12.2 Å². The van der Waals surface area contributed by atoms with Crippen LogP contribution in [0, 0.1) is 11.7 Å². The molecule has 3 aromatic rings. The molecule has 2 N–H and O–H groups in total. The third kappa shape index (κ3) is 3.29. The molecule has 0 bridgehead atoms. The Morgan fingerprint density at radius 1 is 1.25 bits per heavy atom. The monoisotopic (exact) mass is 395 g/mol. The second kappa shape index (κ2) is 7.32. The molecule has 28 heavy (non-hydrogen) atoms. The van der Waals surface area contributed by atoms with E-state index in [2.05, 4.69) is 9.98 Å². The summed E-state index contributed by atoms with van der Waals surface area (Å²) in [4.78, 5) is 19.2. The standard InChI is InChI=1S/C20H17N3O4S/c1-12-4-2-3-5-15(12)23-19(25)14(18(24)22-20(23)28)10-21-9-13-6-7-16-17(8-13)27-11-26-16/h2-8,10,25H,9,11H2,1H3,(H,22,24,28). The van der Waals surface area contributed by atoms with Crippen LogP contribution < -0.4 is 15.0 Å². The summed E-state index contributed by atoms with van der Waals surface area (Å²) >= 11 is 5.24. The van der Waals surface area contributed by atoms with E-state index < -0.39 is 5.56 Å². The SMILES string of the molecule is Cc1ccccc1-n1c(O)c(C=NCc2ccc3c(c2)OCO3)c(=O)[nH]c1=S. The number of ether oxygens (including phenoxy) is 2. The van der Waals surface area contributed by atoms with Crippen molar-refractivity contribution in [3.63, 3.8) is 0 Å². The summed E-state index contributed by atoms with van der Waals surface area (Å²) in [7, 11) is 0. The maximum Gasteiger partial charge on any atom is 0.264 e. The Hall–Kier alpha value is -3.39. The number of aryl methyl sites for hydroxylation is 1. The zero-order chi connectivity index (χ0) is 19.7. The number of aliphatic imine (C=N–C) groups is 1. The molecule has 0 amide bonds. The number of para-hydroxylation sites is 1. The molecule has 0 saturated heterocycles. The molecule has 1 aliphatic rings.